The SMILES string of the molecule is CC(NC(=O)Nc1ccc(F)cc1F)C(=O)N1CCc2ccccc21. The van der Waals surface area contributed by atoms with E-state index in [-0.39, 0.29) is 11.6 Å². The van der Waals surface area contributed by atoms with Crippen molar-refractivity contribution in [1.82, 2.24) is 5.32 Å². The standard InChI is InChI=1S/C18H17F2N3O2/c1-11(17(24)23-9-8-12-4-2-3-5-16(12)23)21-18(25)22-15-7-6-13(19)10-14(15)20/h2-7,10-11H,8-9H2,1H3,(H2,21,22,25). The summed E-state index contributed by atoms with van der Waals surface area (Å²) >= 11 is 0. The Balaban J connectivity index is 1.63. The summed E-state index contributed by atoms with van der Waals surface area (Å²) in [5.74, 6) is -1.87. The highest BCUT2D eigenvalue weighted by Crippen LogP contribution is 2.27. The molecule has 0 aliphatic carbocycles. The first-order valence-corrected chi connectivity index (χ1v) is 7.87. The van der Waals surface area contributed by atoms with Crippen LogP contribution in [0.5, 0.6) is 0 Å². The summed E-state index contributed by atoms with van der Waals surface area (Å²) in [4.78, 5) is 26.2. The lowest BCUT2D eigenvalue weighted by atomic mass is 10.2. The van der Waals surface area contributed by atoms with E-state index >= 15 is 0 Å². The van der Waals surface area contributed by atoms with Crippen LogP contribution in [-0.4, -0.2) is 24.5 Å². The summed E-state index contributed by atoms with van der Waals surface area (Å²) in [6.07, 6.45) is 0.765. The number of carbonyl (C=O) groups is 2. The lowest BCUT2D eigenvalue weighted by Crippen LogP contribution is -2.47. The summed E-state index contributed by atoms with van der Waals surface area (Å²) in [5, 5.41) is 4.75. The Kier molecular flexibility index (Phi) is 4.65. The van der Waals surface area contributed by atoms with Gasteiger partial charge in [-0.25, -0.2) is 13.6 Å². The number of rotatable bonds is 3. The van der Waals surface area contributed by atoms with Crippen LogP contribution >= 0.6 is 0 Å². The van der Waals surface area contributed by atoms with Gasteiger partial charge in [0.15, 0.2) is 0 Å². The summed E-state index contributed by atoms with van der Waals surface area (Å²) in [6, 6.07) is 8.89. The van der Waals surface area contributed by atoms with Crippen molar-refractivity contribution in [3.05, 3.63) is 59.7 Å². The van der Waals surface area contributed by atoms with Gasteiger partial charge in [-0.3, -0.25) is 4.79 Å². The van der Waals surface area contributed by atoms with Gasteiger partial charge in [0.05, 0.1) is 5.69 Å². The second-order valence-corrected chi connectivity index (χ2v) is 5.81. The molecule has 0 spiro atoms. The van der Waals surface area contributed by atoms with Crippen molar-refractivity contribution >= 4 is 23.3 Å². The second-order valence-electron chi connectivity index (χ2n) is 5.81. The predicted octanol–water partition coefficient (Wildman–Crippen LogP) is 3.06. The fraction of sp³-hybridized carbons (Fsp3) is 0.222. The molecular formula is C18H17F2N3O2. The Morgan fingerprint density at radius 3 is 2.68 bits per heavy atom. The average molecular weight is 345 g/mol. The van der Waals surface area contributed by atoms with Crippen molar-refractivity contribution in [3.63, 3.8) is 0 Å². The van der Waals surface area contributed by atoms with E-state index in [0.29, 0.717) is 12.6 Å². The molecule has 0 radical (unpaired) electrons. The molecule has 1 aliphatic heterocycles. The van der Waals surface area contributed by atoms with Crippen molar-refractivity contribution < 1.29 is 18.4 Å². The average Bonchev–Trinajstić information content (AvgIpc) is 3.00. The molecule has 0 aromatic heterocycles. The minimum Gasteiger partial charge on any atom is -0.326 e. The first kappa shape index (κ1) is 16.9. The number of urea groups is 1. The smallest absolute Gasteiger partial charge is 0.319 e. The third-order valence-corrected chi connectivity index (χ3v) is 4.05. The molecule has 3 rings (SSSR count). The first-order valence-electron chi connectivity index (χ1n) is 7.87. The van der Waals surface area contributed by atoms with Crippen LogP contribution in [0.2, 0.25) is 0 Å². The predicted molar refractivity (Wildman–Crippen MR) is 90.5 cm³/mol. The van der Waals surface area contributed by atoms with Crippen LogP contribution in [-0.2, 0) is 11.2 Å². The Morgan fingerprint density at radius 1 is 1.16 bits per heavy atom. The van der Waals surface area contributed by atoms with Gasteiger partial charge >= 0.3 is 6.03 Å². The number of hydrogen-bond acceptors (Lipinski definition) is 2. The van der Waals surface area contributed by atoms with Gasteiger partial charge < -0.3 is 15.5 Å². The van der Waals surface area contributed by atoms with Crippen molar-refractivity contribution in [2.45, 2.75) is 19.4 Å². The molecule has 3 amide bonds. The minimum absolute atomic E-state index is 0.162. The number of para-hydroxylation sites is 1. The van der Waals surface area contributed by atoms with Gasteiger partial charge in [0.1, 0.15) is 17.7 Å². The van der Waals surface area contributed by atoms with Crippen LogP contribution in [0.25, 0.3) is 0 Å². The zero-order chi connectivity index (χ0) is 18.0. The summed E-state index contributed by atoms with van der Waals surface area (Å²) in [5.41, 5.74) is 1.76. The number of amides is 3. The Bertz CT molecular complexity index is 826. The molecule has 2 aromatic rings. The lowest BCUT2D eigenvalue weighted by molar-refractivity contribution is -0.119. The van der Waals surface area contributed by atoms with Crippen LogP contribution in [0.15, 0.2) is 42.5 Å². The summed E-state index contributed by atoms with van der Waals surface area (Å²) < 4.78 is 26.4. The molecule has 1 heterocycles. The van der Waals surface area contributed by atoms with Gasteiger partial charge in [0.2, 0.25) is 5.91 Å². The maximum absolute atomic E-state index is 13.6. The number of hydrogen-bond donors (Lipinski definition) is 2. The van der Waals surface area contributed by atoms with E-state index in [0.717, 1.165) is 29.8 Å². The molecule has 1 unspecified atom stereocenters. The van der Waals surface area contributed by atoms with Gasteiger partial charge in [-0.1, -0.05) is 18.2 Å². The molecule has 2 N–H and O–H groups in total. The highest BCUT2D eigenvalue weighted by molar-refractivity contribution is 6.01. The third kappa shape index (κ3) is 3.60. The largest absolute Gasteiger partial charge is 0.326 e. The molecule has 0 fully saturated rings. The molecule has 25 heavy (non-hydrogen) atoms. The number of nitrogens with one attached hydrogen (secondary N) is 2. The summed E-state index contributed by atoms with van der Waals surface area (Å²) in [6.45, 7) is 2.11. The van der Waals surface area contributed by atoms with Crippen LogP contribution in [0.4, 0.5) is 25.0 Å². The second kappa shape index (κ2) is 6.88. The number of nitrogens with zero attached hydrogens (tertiary/aromatic N) is 1. The fourth-order valence-corrected chi connectivity index (χ4v) is 2.81. The zero-order valence-corrected chi connectivity index (χ0v) is 13.6. The van der Waals surface area contributed by atoms with Gasteiger partial charge in [-0.05, 0) is 37.1 Å². The molecule has 5 nitrogen and oxygen atoms in total. The molecule has 130 valence electrons. The van der Waals surface area contributed by atoms with E-state index < -0.39 is 23.7 Å². The molecular weight excluding hydrogens is 328 g/mol. The quantitative estimate of drug-likeness (QED) is 0.898. The zero-order valence-electron chi connectivity index (χ0n) is 13.6. The van der Waals surface area contributed by atoms with Crippen molar-refractivity contribution in [1.29, 1.82) is 0 Å². The van der Waals surface area contributed by atoms with E-state index in [1.807, 2.05) is 24.3 Å². The minimum atomic E-state index is -0.886. The highest BCUT2D eigenvalue weighted by atomic mass is 19.1. The van der Waals surface area contributed by atoms with E-state index in [1.165, 1.54) is 0 Å². The molecule has 1 aliphatic rings. The Labute approximate surface area is 143 Å². The molecule has 1 atom stereocenters. The fourth-order valence-electron chi connectivity index (χ4n) is 2.81. The topological polar surface area (TPSA) is 61.4 Å². The van der Waals surface area contributed by atoms with Crippen molar-refractivity contribution in [2.75, 3.05) is 16.8 Å². The van der Waals surface area contributed by atoms with Crippen molar-refractivity contribution in [3.8, 4) is 0 Å². The van der Waals surface area contributed by atoms with E-state index in [1.54, 1.807) is 11.8 Å². The third-order valence-electron chi connectivity index (χ3n) is 4.05. The first-order chi connectivity index (χ1) is 12.0. The van der Waals surface area contributed by atoms with E-state index in [2.05, 4.69) is 10.6 Å². The van der Waals surface area contributed by atoms with Crippen LogP contribution < -0.4 is 15.5 Å². The molecule has 0 saturated heterocycles. The number of fused-ring (bicyclic) bond motifs is 1. The van der Waals surface area contributed by atoms with E-state index in [4.69, 9.17) is 0 Å². The van der Waals surface area contributed by atoms with Gasteiger partial charge in [0.25, 0.3) is 0 Å². The normalized spacial score (nSPS) is 14.0. The Morgan fingerprint density at radius 2 is 1.92 bits per heavy atom. The molecule has 7 heteroatoms. The van der Waals surface area contributed by atoms with Crippen LogP contribution in [0.1, 0.15) is 12.5 Å². The maximum atomic E-state index is 13.6. The summed E-state index contributed by atoms with van der Waals surface area (Å²) in [7, 11) is 0. The van der Waals surface area contributed by atoms with Crippen LogP contribution in [0, 0.1) is 11.6 Å². The van der Waals surface area contributed by atoms with E-state index in [9.17, 15) is 18.4 Å². The number of carbonyl (C=O) groups excluding carboxylic acids is 2. The van der Waals surface area contributed by atoms with Gasteiger partial charge in [-0.2, -0.15) is 0 Å². The maximum Gasteiger partial charge on any atom is 0.319 e. The molecule has 0 bridgehead atoms. The molecule has 0 saturated carbocycles. The highest BCUT2D eigenvalue weighted by Gasteiger charge is 2.28. The number of anilines is 2. The van der Waals surface area contributed by atoms with Gasteiger partial charge in [-0.15, -0.1) is 0 Å². The van der Waals surface area contributed by atoms with Gasteiger partial charge in [0, 0.05) is 18.3 Å². The number of halogens is 2. The van der Waals surface area contributed by atoms with Crippen LogP contribution in [0.3, 0.4) is 0 Å². The molecule has 2 aromatic carbocycles. The Hall–Kier alpha value is -2.96. The number of benzene rings is 2. The lowest BCUT2D eigenvalue weighted by Gasteiger charge is -2.22. The van der Waals surface area contributed by atoms with Crippen molar-refractivity contribution in [2.24, 2.45) is 0 Å². The monoisotopic (exact) mass is 345 g/mol.